The number of hydrogen-bond acceptors (Lipinski definition) is 3. The molecule has 0 amide bonds. The Morgan fingerprint density at radius 2 is 1.77 bits per heavy atom. The normalized spacial score (nSPS) is 15.4. The van der Waals surface area contributed by atoms with E-state index in [1.807, 2.05) is 30.6 Å². The first-order valence-electron chi connectivity index (χ1n) is 8.70. The molecule has 4 nitrogen and oxygen atoms in total. The second kappa shape index (κ2) is 7.82. The van der Waals surface area contributed by atoms with Crippen LogP contribution in [-0.2, 0) is 6.54 Å². The van der Waals surface area contributed by atoms with Crippen LogP contribution in [0.3, 0.4) is 0 Å². The lowest BCUT2D eigenvalue weighted by Gasteiger charge is -2.35. The van der Waals surface area contributed by atoms with Crippen LogP contribution in [0.1, 0.15) is 5.56 Å². The fourth-order valence-electron chi connectivity index (χ4n) is 3.31. The van der Waals surface area contributed by atoms with Gasteiger partial charge in [0, 0.05) is 60.3 Å². The average Bonchev–Trinajstić information content (AvgIpc) is 3.14. The summed E-state index contributed by atoms with van der Waals surface area (Å²) in [5, 5.41) is 0.737. The molecule has 0 atom stereocenters. The van der Waals surface area contributed by atoms with Crippen molar-refractivity contribution >= 4 is 33.5 Å². The molecule has 1 aromatic heterocycles. The summed E-state index contributed by atoms with van der Waals surface area (Å²) in [7, 11) is 0. The Morgan fingerprint density at radius 3 is 2.50 bits per heavy atom. The number of benzene rings is 2. The molecular weight excluding hydrogens is 412 g/mol. The van der Waals surface area contributed by atoms with E-state index in [1.54, 1.807) is 0 Å². The van der Waals surface area contributed by atoms with Gasteiger partial charge in [0.05, 0.1) is 0 Å². The SMILES string of the molecule is Clc1cccc(-n2ccnc2N2CCN(Cc3ccc(Br)cc3)CC2)c1. The highest BCUT2D eigenvalue weighted by Crippen LogP contribution is 2.22. The number of aromatic nitrogens is 2. The lowest BCUT2D eigenvalue weighted by Crippen LogP contribution is -2.46. The molecule has 1 fully saturated rings. The molecule has 6 heteroatoms. The highest BCUT2D eigenvalue weighted by atomic mass is 79.9. The van der Waals surface area contributed by atoms with Crippen LogP contribution >= 0.6 is 27.5 Å². The molecule has 3 aromatic rings. The molecule has 0 N–H and O–H groups in total. The van der Waals surface area contributed by atoms with Crippen LogP contribution < -0.4 is 4.90 Å². The molecular formula is C20H20BrClN4. The molecule has 0 unspecified atom stereocenters. The maximum absolute atomic E-state index is 6.15. The van der Waals surface area contributed by atoms with Crippen LogP contribution in [0.4, 0.5) is 5.95 Å². The third kappa shape index (κ3) is 3.95. The zero-order valence-electron chi connectivity index (χ0n) is 14.4. The number of imidazole rings is 1. The predicted octanol–water partition coefficient (Wildman–Crippen LogP) is 4.61. The number of anilines is 1. The average molecular weight is 432 g/mol. The van der Waals surface area contributed by atoms with Gasteiger partial charge in [0.25, 0.3) is 0 Å². The van der Waals surface area contributed by atoms with Gasteiger partial charge in [0.15, 0.2) is 0 Å². The van der Waals surface area contributed by atoms with Gasteiger partial charge in [0.1, 0.15) is 0 Å². The van der Waals surface area contributed by atoms with E-state index in [0.717, 1.165) is 53.9 Å². The summed E-state index contributed by atoms with van der Waals surface area (Å²) in [5.74, 6) is 0.982. The molecule has 2 aromatic carbocycles. The van der Waals surface area contributed by atoms with Crippen LogP contribution in [0, 0.1) is 0 Å². The Kier molecular flexibility index (Phi) is 5.29. The van der Waals surface area contributed by atoms with Gasteiger partial charge in [-0.1, -0.05) is 45.7 Å². The minimum absolute atomic E-state index is 0.737. The van der Waals surface area contributed by atoms with Gasteiger partial charge in [0.2, 0.25) is 5.95 Å². The highest BCUT2D eigenvalue weighted by molar-refractivity contribution is 9.10. The molecule has 134 valence electrons. The fourth-order valence-corrected chi connectivity index (χ4v) is 3.76. The van der Waals surface area contributed by atoms with Gasteiger partial charge in [-0.2, -0.15) is 0 Å². The third-order valence-corrected chi connectivity index (χ3v) is 5.45. The maximum atomic E-state index is 6.15. The van der Waals surface area contributed by atoms with Crippen molar-refractivity contribution < 1.29 is 0 Å². The minimum Gasteiger partial charge on any atom is -0.339 e. The van der Waals surface area contributed by atoms with Crippen molar-refractivity contribution in [2.45, 2.75) is 6.54 Å². The summed E-state index contributed by atoms with van der Waals surface area (Å²) < 4.78 is 3.23. The van der Waals surface area contributed by atoms with E-state index in [1.165, 1.54) is 5.56 Å². The van der Waals surface area contributed by atoms with Crippen molar-refractivity contribution in [2.24, 2.45) is 0 Å². The molecule has 2 heterocycles. The van der Waals surface area contributed by atoms with Crippen LogP contribution in [0.25, 0.3) is 5.69 Å². The largest absolute Gasteiger partial charge is 0.339 e. The van der Waals surface area contributed by atoms with Crippen molar-refractivity contribution in [3.05, 3.63) is 76.0 Å². The van der Waals surface area contributed by atoms with E-state index < -0.39 is 0 Å². The molecule has 1 saturated heterocycles. The number of hydrogen-bond donors (Lipinski definition) is 0. The van der Waals surface area contributed by atoms with Crippen LogP contribution in [0.15, 0.2) is 65.4 Å². The van der Waals surface area contributed by atoms with Gasteiger partial charge in [-0.05, 0) is 35.9 Å². The van der Waals surface area contributed by atoms with Crippen LogP contribution in [0.5, 0.6) is 0 Å². The molecule has 0 bridgehead atoms. The Balaban J connectivity index is 1.42. The maximum Gasteiger partial charge on any atom is 0.210 e. The molecule has 4 rings (SSSR count). The first-order valence-corrected chi connectivity index (χ1v) is 9.87. The van der Waals surface area contributed by atoms with Crippen molar-refractivity contribution in [1.82, 2.24) is 14.5 Å². The number of rotatable bonds is 4. The summed E-state index contributed by atoms with van der Waals surface area (Å²) in [5.41, 5.74) is 2.39. The zero-order valence-corrected chi connectivity index (χ0v) is 16.7. The smallest absolute Gasteiger partial charge is 0.210 e. The summed E-state index contributed by atoms with van der Waals surface area (Å²) in [4.78, 5) is 9.43. The van der Waals surface area contributed by atoms with Gasteiger partial charge < -0.3 is 4.90 Å². The monoisotopic (exact) mass is 430 g/mol. The fraction of sp³-hybridized carbons (Fsp3) is 0.250. The molecule has 0 saturated carbocycles. The highest BCUT2D eigenvalue weighted by Gasteiger charge is 2.21. The molecule has 0 aliphatic carbocycles. The molecule has 1 aliphatic heterocycles. The summed E-state index contributed by atoms with van der Waals surface area (Å²) in [6.45, 7) is 4.98. The second-order valence-corrected chi connectivity index (χ2v) is 7.82. The summed E-state index contributed by atoms with van der Waals surface area (Å²) in [6.07, 6.45) is 3.85. The van der Waals surface area contributed by atoms with Gasteiger partial charge in [-0.15, -0.1) is 0 Å². The Morgan fingerprint density at radius 1 is 1.00 bits per heavy atom. The standard InChI is InChI=1S/C20H20BrClN4/c21-17-6-4-16(5-7-17)15-24-10-12-25(13-11-24)20-23-8-9-26(20)19-3-1-2-18(22)14-19/h1-9,14H,10-13,15H2. The van der Waals surface area contributed by atoms with Gasteiger partial charge >= 0.3 is 0 Å². The minimum atomic E-state index is 0.737. The van der Waals surface area contributed by atoms with E-state index in [2.05, 4.69) is 65.6 Å². The van der Waals surface area contributed by atoms with E-state index in [-0.39, 0.29) is 0 Å². The number of halogens is 2. The summed E-state index contributed by atoms with van der Waals surface area (Å²) >= 11 is 9.64. The van der Waals surface area contributed by atoms with E-state index in [0.29, 0.717) is 0 Å². The zero-order chi connectivity index (χ0) is 17.9. The topological polar surface area (TPSA) is 24.3 Å². The van der Waals surface area contributed by atoms with Gasteiger partial charge in [-0.3, -0.25) is 9.47 Å². The Labute approximate surface area is 167 Å². The molecule has 0 radical (unpaired) electrons. The number of piperazine rings is 1. The lowest BCUT2D eigenvalue weighted by atomic mass is 10.2. The first kappa shape index (κ1) is 17.6. The molecule has 26 heavy (non-hydrogen) atoms. The quantitative estimate of drug-likeness (QED) is 0.603. The first-order chi connectivity index (χ1) is 12.7. The second-order valence-electron chi connectivity index (χ2n) is 6.47. The van der Waals surface area contributed by atoms with E-state index >= 15 is 0 Å². The Bertz CT molecular complexity index is 870. The van der Waals surface area contributed by atoms with Crippen molar-refractivity contribution in [2.75, 3.05) is 31.1 Å². The number of nitrogens with zero attached hydrogens (tertiary/aromatic N) is 4. The van der Waals surface area contributed by atoms with Crippen molar-refractivity contribution in [3.8, 4) is 5.69 Å². The summed E-state index contributed by atoms with van der Waals surface area (Å²) in [6, 6.07) is 16.5. The van der Waals surface area contributed by atoms with Gasteiger partial charge in [-0.25, -0.2) is 4.98 Å². The van der Waals surface area contributed by atoms with E-state index in [4.69, 9.17) is 11.6 Å². The van der Waals surface area contributed by atoms with E-state index in [9.17, 15) is 0 Å². The van der Waals surface area contributed by atoms with Crippen LogP contribution in [-0.4, -0.2) is 40.6 Å². The molecule has 1 aliphatic rings. The third-order valence-electron chi connectivity index (χ3n) is 4.68. The van der Waals surface area contributed by atoms with Crippen LogP contribution in [0.2, 0.25) is 5.02 Å². The molecule has 0 spiro atoms. The van der Waals surface area contributed by atoms with Crippen molar-refractivity contribution in [3.63, 3.8) is 0 Å². The Hall–Kier alpha value is -1.82. The predicted molar refractivity (Wildman–Crippen MR) is 110 cm³/mol. The van der Waals surface area contributed by atoms with Crippen molar-refractivity contribution in [1.29, 1.82) is 0 Å². The lowest BCUT2D eigenvalue weighted by molar-refractivity contribution is 0.248.